The van der Waals surface area contributed by atoms with Gasteiger partial charge in [0.1, 0.15) is 5.75 Å². The molecule has 0 atom stereocenters. The zero-order valence-corrected chi connectivity index (χ0v) is 14.3. The van der Waals surface area contributed by atoms with Crippen molar-refractivity contribution in [2.24, 2.45) is 0 Å². The van der Waals surface area contributed by atoms with Gasteiger partial charge in [0.2, 0.25) is 0 Å². The first-order valence-electron chi connectivity index (χ1n) is 8.15. The quantitative estimate of drug-likeness (QED) is 0.850. The van der Waals surface area contributed by atoms with Crippen LogP contribution in [0, 0.1) is 0 Å². The van der Waals surface area contributed by atoms with E-state index in [2.05, 4.69) is 5.32 Å². The van der Waals surface area contributed by atoms with Crippen molar-refractivity contribution in [2.45, 2.75) is 19.0 Å². The lowest BCUT2D eigenvalue weighted by Crippen LogP contribution is -2.25. The van der Waals surface area contributed by atoms with Crippen LogP contribution in [-0.4, -0.2) is 30.1 Å². The van der Waals surface area contributed by atoms with Gasteiger partial charge in [-0.1, -0.05) is 18.2 Å². The zero-order valence-electron chi connectivity index (χ0n) is 14.3. The van der Waals surface area contributed by atoms with Gasteiger partial charge in [0.15, 0.2) is 0 Å². The molecule has 8 heteroatoms. The van der Waals surface area contributed by atoms with Crippen LogP contribution in [0.3, 0.4) is 0 Å². The third kappa shape index (κ3) is 6.32. The minimum absolute atomic E-state index is 0.0570. The lowest BCUT2D eigenvalue weighted by Gasteiger charge is -2.07. The number of halogens is 3. The van der Waals surface area contributed by atoms with Gasteiger partial charge in [-0.2, -0.15) is 13.2 Å². The third-order valence-electron chi connectivity index (χ3n) is 3.68. The van der Waals surface area contributed by atoms with E-state index in [4.69, 9.17) is 9.84 Å². The minimum atomic E-state index is -4.25. The first kappa shape index (κ1) is 20.3. The Bertz CT molecular complexity index is 791. The lowest BCUT2D eigenvalue weighted by molar-refractivity contribution is -0.138. The second kappa shape index (κ2) is 9.07. The molecule has 0 saturated heterocycles. The number of carbonyl (C=O) groups is 2. The fourth-order valence-corrected chi connectivity index (χ4v) is 2.34. The smallest absolute Gasteiger partial charge is 0.416 e. The van der Waals surface area contributed by atoms with E-state index in [9.17, 15) is 22.8 Å². The molecule has 1 aliphatic heterocycles. The maximum Gasteiger partial charge on any atom is 0.416 e. The predicted octanol–water partition coefficient (Wildman–Crippen LogP) is 3.53. The van der Waals surface area contributed by atoms with Gasteiger partial charge in [0.05, 0.1) is 18.6 Å². The molecule has 0 spiro atoms. The molecule has 0 fully saturated rings. The first-order valence-corrected chi connectivity index (χ1v) is 8.15. The van der Waals surface area contributed by atoms with E-state index in [1.807, 2.05) is 6.07 Å². The van der Waals surface area contributed by atoms with Crippen LogP contribution in [0.4, 0.5) is 13.2 Å². The van der Waals surface area contributed by atoms with Crippen LogP contribution in [-0.2, 0) is 17.4 Å². The number of carbonyl (C=O) groups excluding carboxylic acids is 1. The molecule has 3 rings (SSSR count). The van der Waals surface area contributed by atoms with E-state index in [-0.39, 0.29) is 18.9 Å². The Kier molecular flexibility index (Phi) is 6.81. The number of nitrogens with one attached hydrogen (secondary N) is 1. The number of alkyl halides is 3. The molecule has 0 saturated carbocycles. The van der Waals surface area contributed by atoms with Crippen molar-refractivity contribution in [2.75, 3.05) is 13.2 Å². The summed E-state index contributed by atoms with van der Waals surface area (Å²) in [6.07, 6.45) is -3.74. The van der Waals surface area contributed by atoms with Gasteiger partial charge >= 0.3 is 12.1 Å². The van der Waals surface area contributed by atoms with Crippen molar-refractivity contribution in [3.8, 4) is 5.75 Å². The van der Waals surface area contributed by atoms with E-state index in [0.717, 1.165) is 12.1 Å². The number of hydrogen-bond donors (Lipinski definition) is 2. The summed E-state index contributed by atoms with van der Waals surface area (Å²) in [4.78, 5) is 21.5. The molecule has 144 valence electrons. The molecule has 0 unspecified atom stereocenters. The van der Waals surface area contributed by atoms with Crippen molar-refractivity contribution in [1.29, 1.82) is 0 Å². The lowest BCUT2D eigenvalue weighted by atomic mass is 10.1. The number of aliphatic carboxylic acids is 1. The summed E-state index contributed by atoms with van der Waals surface area (Å²) in [5.41, 5.74) is 0.587. The first-order chi connectivity index (χ1) is 12.8. The molecular formula is C19H18F3NO4. The number of rotatable bonds is 4. The molecule has 2 aromatic carbocycles. The molecule has 0 radical (unpaired) electrons. The highest BCUT2D eigenvalue weighted by Crippen LogP contribution is 2.34. The fraction of sp³-hybridized carbons (Fsp3) is 0.263. The van der Waals surface area contributed by atoms with Gasteiger partial charge in [0.25, 0.3) is 5.91 Å². The van der Waals surface area contributed by atoms with Crippen molar-refractivity contribution < 1.29 is 32.6 Å². The highest BCUT2D eigenvalue weighted by molar-refractivity contribution is 5.94. The number of benzene rings is 2. The predicted molar refractivity (Wildman–Crippen MR) is 91.7 cm³/mol. The molecule has 1 amide bonds. The van der Waals surface area contributed by atoms with Gasteiger partial charge in [-0.25, -0.2) is 0 Å². The Hall–Kier alpha value is -3.03. The summed E-state index contributed by atoms with van der Waals surface area (Å²) in [5, 5.41) is 10.9. The van der Waals surface area contributed by atoms with Crippen molar-refractivity contribution in [1.82, 2.24) is 5.32 Å². The molecule has 0 aromatic heterocycles. The van der Waals surface area contributed by atoms with Crippen molar-refractivity contribution >= 4 is 11.9 Å². The molecule has 2 aromatic rings. The van der Waals surface area contributed by atoms with E-state index in [1.54, 1.807) is 24.3 Å². The van der Waals surface area contributed by atoms with Crippen LogP contribution in [0.2, 0.25) is 0 Å². The third-order valence-corrected chi connectivity index (χ3v) is 3.68. The molecule has 5 nitrogen and oxygen atoms in total. The van der Waals surface area contributed by atoms with E-state index >= 15 is 0 Å². The van der Waals surface area contributed by atoms with Gasteiger partial charge in [-0.05, 0) is 35.9 Å². The Morgan fingerprint density at radius 1 is 1.11 bits per heavy atom. The van der Waals surface area contributed by atoms with E-state index < -0.39 is 17.7 Å². The minimum Gasteiger partial charge on any atom is -0.493 e. The monoisotopic (exact) mass is 381 g/mol. The SMILES string of the molecule is FC(F)(F)c1ccc2c(c1)CCO2.O=C(O)CCNC(=O)c1ccccc1. The topological polar surface area (TPSA) is 75.6 Å². The average molecular weight is 381 g/mol. The molecule has 0 aliphatic carbocycles. The second-order valence-electron chi connectivity index (χ2n) is 5.68. The largest absolute Gasteiger partial charge is 0.493 e. The highest BCUT2D eigenvalue weighted by Gasteiger charge is 2.31. The van der Waals surface area contributed by atoms with Gasteiger partial charge in [0, 0.05) is 18.5 Å². The Morgan fingerprint density at radius 3 is 2.44 bits per heavy atom. The summed E-state index contributed by atoms with van der Waals surface area (Å²) in [7, 11) is 0. The number of carboxylic acid groups (broad SMARTS) is 1. The van der Waals surface area contributed by atoms with Crippen molar-refractivity contribution in [3.05, 3.63) is 65.2 Å². The molecule has 27 heavy (non-hydrogen) atoms. The second-order valence-corrected chi connectivity index (χ2v) is 5.68. The molecular weight excluding hydrogens is 363 g/mol. The molecule has 1 heterocycles. The van der Waals surface area contributed by atoms with E-state index in [1.165, 1.54) is 6.07 Å². The van der Waals surface area contributed by atoms with Crippen LogP contribution in [0.15, 0.2) is 48.5 Å². The summed E-state index contributed by atoms with van der Waals surface area (Å²) >= 11 is 0. The Labute approximate surface area is 153 Å². The number of ether oxygens (including phenoxy) is 1. The highest BCUT2D eigenvalue weighted by atomic mass is 19.4. The normalized spacial score (nSPS) is 12.3. The van der Waals surface area contributed by atoms with Gasteiger partial charge in [-0.15, -0.1) is 0 Å². The maximum atomic E-state index is 12.2. The number of amides is 1. The Balaban J connectivity index is 0.000000194. The molecule has 2 N–H and O–H groups in total. The summed E-state index contributed by atoms with van der Waals surface area (Å²) < 4.78 is 41.7. The molecule has 1 aliphatic rings. The number of hydrogen-bond acceptors (Lipinski definition) is 3. The summed E-state index contributed by atoms with van der Waals surface area (Å²) in [5.74, 6) is -0.585. The van der Waals surface area contributed by atoms with Crippen LogP contribution in [0.5, 0.6) is 5.75 Å². The standard InChI is InChI=1S/C10H11NO3.C9H7F3O/c12-9(13)6-7-11-10(14)8-4-2-1-3-5-8;10-9(11,12)7-1-2-8-6(5-7)3-4-13-8/h1-5H,6-7H2,(H,11,14)(H,12,13);1-2,5H,3-4H2. The van der Waals surface area contributed by atoms with Crippen LogP contribution >= 0.6 is 0 Å². The van der Waals surface area contributed by atoms with E-state index in [0.29, 0.717) is 29.9 Å². The zero-order chi connectivity index (χ0) is 19.9. The van der Waals surface area contributed by atoms with Crippen LogP contribution < -0.4 is 10.1 Å². The summed E-state index contributed by atoms with van der Waals surface area (Å²) in [6, 6.07) is 12.3. The average Bonchev–Trinajstić information content (AvgIpc) is 3.09. The number of fused-ring (bicyclic) bond motifs is 1. The van der Waals surface area contributed by atoms with Crippen LogP contribution in [0.1, 0.15) is 27.9 Å². The fourth-order valence-electron chi connectivity index (χ4n) is 2.34. The maximum absolute atomic E-state index is 12.2. The number of carboxylic acids is 1. The van der Waals surface area contributed by atoms with Gasteiger partial charge < -0.3 is 15.2 Å². The van der Waals surface area contributed by atoms with Crippen molar-refractivity contribution in [3.63, 3.8) is 0 Å². The molecule has 0 bridgehead atoms. The summed E-state index contributed by atoms with van der Waals surface area (Å²) in [6.45, 7) is 0.639. The van der Waals surface area contributed by atoms with Gasteiger partial charge in [-0.3, -0.25) is 9.59 Å². The Morgan fingerprint density at radius 2 is 1.81 bits per heavy atom. The van der Waals surface area contributed by atoms with Crippen LogP contribution in [0.25, 0.3) is 0 Å².